The van der Waals surface area contributed by atoms with Gasteiger partial charge < -0.3 is 5.11 Å². The summed E-state index contributed by atoms with van der Waals surface area (Å²) in [6.07, 6.45) is 5.66. The van der Waals surface area contributed by atoms with Crippen molar-refractivity contribution in [2.24, 2.45) is 0 Å². The third-order valence-corrected chi connectivity index (χ3v) is 5.22. The van der Waals surface area contributed by atoms with Gasteiger partial charge in [-0.15, -0.1) is 11.3 Å². The largest absolute Gasteiger partial charge is 0.383 e. The molecule has 3 heteroatoms. The van der Waals surface area contributed by atoms with Crippen LogP contribution < -0.4 is 0 Å². The molecule has 1 heterocycles. The number of benzene rings is 1. The van der Waals surface area contributed by atoms with Crippen LogP contribution in [0.5, 0.6) is 0 Å². The van der Waals surface area contributed by atoms with Crippen LogP contribution in [0.2, 0.25) is 5.02 Å². The normalized spacial score (nSPS) is 16.7. The topological polar surface area (TPSA) is 20.2 Å². The smallest absolute Gasteiger partial charge is 0.113 e. The Morgan fingerprint density at radius 2 is 1.95 bits per heavy atom. The minimum atomic E-state index is -0.546. The molecule has 0 amide bonds. The summed E-state index contributed by atoms with van der Waals surface area (Å²) in [5, 5.41) is 11.2. The van der Waals surface area contributed by atoms with Gasteiger partial charge in [0.2, 0.25) is 0 Å². The van der Waals surface area contributed by atoms with E-state index in [1.165, 1.54) is 36.1 Å². The maximum atomic E-state index is 10.5. The van der Waals surface area contributed by atoms with Gasteiger partial charge in [-0.2, -0.15) is 0 Å². The highest BCUT2D eigenvalue weighted by atomic mass is 35.5. The van der Waals surface area contributed by atoms with Crippen molar-refractivity contribution in [1.82, 2.24) is 0 Å². The van der Waals surface area contributed by atoms with Crippen molar-refractivity contribution in [1.29, 1.82) is 0 Å². The van der Waals surface area contributed by atoms with Crippen LogP contribution in [0.3, 0.4) is 0 Å². The van der Waals surface area contributed by atoms with Crippen molar-refractivity contribution < 1.29 is 5.11 Å². The standard InChI is InChI=1S/C16H17ClOS/c17-13-7-4-6-12(9-13)16(18)15-10-11-5-2-1-3-8-14(11)19-15/h4,6-7,9-10,16,18H,1-3,5,8H2. The Hall–Kier alpha value is -0.830. The van der Waals surface area contributed by atoms with Crippen molar-refractivity contribution in [3.05, 3.63) is 56.2 Å². The van der Waals surface area contributed by atoms with Gasteiger partial charge in [-0.3, -0.25) is 0 Å². The van der Waals surface area contributed by atoms with E-state index in [1.807, 2.05) is 24.3 Å². The molecule has 0 fully saturated rings. The van der Waals surface area contributed by atoms with Crippen LogP contribution in [0.1, 0.15) is 46.2 Å². The van der Waals surface area contributed by atoms with E-state index < -0.39 is 6.10 Å². The molecule has 19 heavy (non-hydrogen) atoms. The number of aliphatic hydroxyl groups is 1. The molecule has 1 unspecified atom stereocenters. The molecule has 2 aromatic rings. The second-order valence-electron chi connectivity index (χ2n) is 5.12. The Balaban J connectivity index is 1.90. The van der Waals surface area contributed by atoms with Crippen LogP contribution in [-0.4, -0.2) is 5.11 Å². The van der Waals surface area contributed by atoms with Crippen molar-refractivity contribution in [2.75, 3.05) is 0 Å². The Kier molecular flexibility index (Phi) is 3.92. The predicted octanol–water partition coefficient (Wildman–Crippen LogP) is 4.75. The molecule has 0 radical (unpaired) electrons. The second kappa shape index (κ2) is 5.66. The number of aryl methyl sites for hydroxylation is 2. The molecule has 0 bridgehead atoms. The summed E-state index contributed by atoms with van der Waals surface area (Å²) < 4.78 is 0. The molecule has 1 aliphatic rings. The lowest BCUT2D eigenvalue weighted by molar-refractivity contribution is 0.224. The zero-order chi connectivity index (χ0) is 13.2. The Morgan fingerprint density at radius 3 is 2.79 bits per heavy atom. The SMILES string of the molecule is OC(c1cccc(Cl)c1)c1cc2c(s1)CCCCC2. The zero-order valence-corrected chi connectivity index (χ0v) is 12.3. The third kappa shape index (κ3) is 2.86. The molecule has 1 atom stereocenters. The summed E-state index contributed by atoms with van der Waals surface area (Å²) in [4.78, 5) is 2.52. The average Bonchev–Trinajstić information content (AvgIpc) is 2.69. The van der Waals surface area contributed by atoms with Gasteiger partial charge in [0, 0.05) is 14.8 Å². The van der Waals surface area contributed by atoms with Gasteiger partial charge in [0.1, 0.15) is 6.10 Å². The fourth-order valence-corrected chi connectivity index (χ4v) is 4.14. The molecule has 0 spiro atoms. The van der Waals surface area contributed by atoms with Crippen molar-refractivity contribution in [2.45, 2.75) is 38.2 Å². The molecule has 1 N–H and O–H groups in total. The molecular formula is C16H17ClOS. The predicted molar refractivity (Wildman–Crippen MR) is 81.1 cm³/mol. The first-order valence-corrected chi connectivity index (χ1v) is 7.98. The Labute approximate surface area is 122 Å². The molecule has 1 aromatic carbocycles. The van der Waals surface area contributed by atoms with Crippen LogP contribution >= 0.6 is 22.9 Å². The minimum Gasteiger partial charge on any atom is -0.383 e. The van der Waals surface area contributed by atoms with Crippen LogP contribution in [0.15, 0.2) is 30.3 Å². The summed E-state index contributed by atoms with van der Waals surface area (Å²) in [6, 6.07) is 9.69. The van der Waals surface area contributed by atoms with E-state index in [0.717, 1.165) is 16.9 Å². The molecule has 0 aliphatic heterocycles. The van der Waals surface area contributed by atoms with E-state index in [4.69, 9.17) is 11.6 Å². The van der Waals surface area contributed by atoms with E-state index in [-0.39, 0.29) is 0 Å². The molecule has 1 aromatic heterocycles. The molecule has 0 saturated carbocycles. The lowest BCUT2D eigenvalue weighted by Crippen LogP contribution is -1.96. The van der Waals surface area contributed by atoms with Crippen molar-refractivity contribution in [3.8, 4) is 0 Å². The maximum Gasteiger partial charge on any atom is 0.113 e. The number of thiophene rings is 1. The first-order valence-electron chi connectivity index (χ1n) is 6.79. The van der Waals surface area contributed by atoms with E-state index in [2.05, 4.69) is 6.07 Å². The van der Waals surface area contributed by atoms with Crippen LogP contribution in [-0.2, 0) is 12.8 Å². The van der Waals surface area contributed by atoms with Gasteiger partial charge in [0.05, 0.1) is 0 Å². The first-order chi connectivity index (χ1) is 9.24. The quantitative estimate of drug-likeness (QED) is 0.792. The number of hydrogen-bond acceptors (Lipinski definition) is 2. The number of halogens is 1. The Bertz CT molecular complexity index is 552. The fourth-order valence-electron chi connectivity index (χ4n) is 2.67. The minimum absolute atomic E-state index is 0.546. The summed E-state index contributed by atoms with van der Waals surface area (Å²) in [5.41, 5.74) is 2.32. The Morgan fingerprint density at radius 1 is 1.11 bits per heavy atom. The van der Waals surface area contributed by atoms with Gasteiger partial charge in [-0.25, -0.2) is 0 Å². The molecule has 100 valence electrons. The molecule has 0 saturated heterocycles. The highest BCUT2D eigenvalue weighted by Gasteiger charge is 2.18. The monoisotopic (exact) mass is 292 g/mol. The zero-order valence-electron chi connectivity index (χ0n) is 10.7. The summed E-state index contributed by atoms with van der Waals surface area (Å²) in [6.45, 7) is 0. The van der Waals surface area contributed by atoms with Crippen molar-refractivity contribution in [3.63, 3.8) is 0 Å². The van der Waals surface area contributed by atoms with Crippen LogP contribution in [0.4, 0.5) is 0 Å². The van der Waals surface area contributed by atoms with Crippen molar-refractivity contribution >= 4 is 22.9 Å². The van der Waals surface area contributed by atoms with Gasteiger partial charge in [-0.05, 0) is 55.0 Å². The third-order valence-electron chi connectivity index (χ3n) is 3.70. The number of fused-ring (bicyclic) bond motifs is 1. The molecular weight excluding hydrogens is 276 g/mol. The number of aliphatic hydroxyl groups excluding tert-OH is 1. The van der Waals surface area contributed by atoms with E-state index in [1.54, 1.807) is 11.3 Å². The van der Waals surface area contributed by atoms with Gasteiger partial charge in [-0.1, -0.05) is 30.2 Å². The fraction of sp³-hybridized carbons (Fsp3) is 0.375. The maximum absolute atomic E-state index is 10.5. The number of rotatable bonds is 2. The van der Waals surface area contributed by atoms with Crippen LogP contribution in [0, 0.1) is 0 Å². The van der Waals surface area contributed by atoms with Gasteiger partial charge in [0.15, 0.2) is 0 Å². The summed E-state index contributed by atoms with van der Waals surface area (Å²) in [5.74, 6) is 0. The van der Waals surface area contributed by atoms with E-state index >= 15 is 0 Å². The highest BCUT2D eigenvalue weighted by Crippen LogP contribution is 2.35. The lowest BCUT2D eigenvalue weighted by atomic mass is 10.1. The molecule has 1 nitrogen and oxygen atoms in total. The first kappa shape index (κ1) is 13.2. The summed E-state index contributed by atoms with van der Waals surface area (Å²) >= 11 is 7.76. The van der Waals surface area contributed by atoms with Gasteiger partial charge in [0.25, 0.3) is 0 Å². The molecule has 3 rings (SSSR count). The second-order valence-corrected chi connectivity index (χ2v) is 6.72. The lowest BCUT2D eigenvalue weighted by Gasteiger charge is -2.09. The number of hydrogen-bond donors (Lipinski definition) is 1. The average molecular weight is 293 g/mol. The van der Waals surface area contributed by atoms with E-state index in [0.29, 0.717) is 5.02 Å². The van der Waals surface area contributed by atoms with Gasteiger partial charge >= 0.3 is 0 Å². The highest BCUT2D eigenvalue weighted by molar-refractivity contribution is 7.12. The summed E-state index contributed by atoms with van der Waals surface area (Å²) in [7, 11) is 0. The van der Waals surface area contributed by atoms with Crippen LogP contribution in [0.25, 0.3) is 0 Å². The van der Waals surface area contributed by atoms with E-state index in [9.17, 15) is 5.11 Å². The molecule has 1 aliphatic carbocycles.